The fourth-order valence-electron chi connectivity index (χ4n) is 3.43. The number of nitrogens with zero attached hydrogens (tertiary/aromatic N) is 1. The smallest absolute Gasteiger partial charge is 0.339 e. The quantitative estimate of drug-likeness (QED) is 0.582. The highest BCUT2D eigenvalue weighted by Crippen LogP contribution is 2.18. The Morgan fingerprint density at radius 3 is 2.17 bits per heavy atom. The molecule has 2 N–H and O–H groups in total. The molecule has 2 aromatic carbocycles. The molecule has 0 bridgehead atoms. The number of nitrogens with two attached hydrogens (primary N) is 1. The summed E-state index contributed by atoms with van der Waals surface area (Å²) in [5, 5.41) is 0. The second kappa shape index (κ2) is 9.35. The summed E-state index contributed by atoms with van der Waals surface area (Å²) in [6, 6.07) is 13.5. The SMILES string of the molecule is Cc1ccc(C(=O)c2ccccc2C(=O)OCC(=O)N2CCC(C(N)=O)CC2)cc1. The number of ketones is 1. The zero-order chi connectivity index (χ0) is 21.7. The molecule has 0 aliphatic carbocycles. The largest absolute Gasteiger partial charge is 0.452 e. The summed E-state index contributed by atoms with van der Waals surface area (Å²) >= 11 is 0. The molecule has 2 amide bonds. The minimum atomic E-state index is -0.730. The summed E-state index contributed by atoms with van der Waals surface area (Å²) in [6.07, 6.45) is 1.01. The summed E-state index contributed by atoms with van der Waals surface area (Å²) in [5.41, 5.74) is 7.13. The standard InChI is InChI=1S/C23H24N2O5/c1-15-6-8-16(9-7-15)21(27)18-4-2-3-5-19(18)23(29)30-14-20(26)25-12-10-17(11-13-25)22(24)28/h2-9,17H,10-14H2,1H3,(H2,24,28). The van der Waals surface area contributed by atoms with Gasteiger partial charge in [-0.05, 0) is 25.8 Å². The van der Waals surface area contributed by atoms with Crippen LogP contribution in [0.4, 0.5) is 0 Å². The van der Waals surface area contributed by atoms with Crippen molar-refractivity contribution in [2.75, 3.05) is 19.7 Å². The van der Waals surface area contributed by atoms with Gasteiger partial charge in [0.1, 0.15) is 0 Å². The molecule has 7 nitrogen and oxygen atoms in total. The maximum absolute atomic E-state index is 12.8. The maximum atomic E-state index is 12.8. The lowest BCUT2D eigenvalue weighted by atomic mass is 9.96. The zero-order valence-corrected chi connectivity index (χ0v) is 16.8. The van der Waals surface area contributed by atoms with Crippen molar-refractivity contribution in [1.82, 2.24) is 4.90 Å². The molecule has 0 unspecified atom stereocenters. The third kappa shape index (κ3) is 4.92. The number of amides is 2. The van der Waals surface area contributed by atoms with Crippen LogP contribution < -0.4 is 5.73 Å². The summed E-state index contributed by atoms with van der Waals surface area (Å²) in [5.74, 6) is -1.94. The van der Waals surface area contributed by atoms with Crippen LogP contribution in [0, 0.1) is 12.8 Å². The van der Waals surface area contributed by atoms with E-state index in [1.165, 1.54) is 6.07 Å². The number of aryl methyl sites for hydroxylation is 1. The van der Waals surface area contributed by atoms with E-state index in [2.05, 4.69) is 0 Å². The molecule has 7 heteroatoms. The van der Waals surface area contributed by atoms with Gasteiger partial charge in [-0.1, -0.05) is 48.0 Å². The van der Waals surface area contributed by atoms with E-state index < -0.39 is 12.6 Å². The molecule has 156 valence electrons. The normalized spacial score (nSPS) is 14.2. The van der Waals surface area contributed by atoms with E-state index in [0.717, 1.165) is 5.56 Å². The van der Waals surface area contributed by atoms with Gasteiger partial charge in [-0.15, -0.1) is 0 Å². The maximum Gasteiger partial charge on any atom is 0.339 e. The highest BCUT2D eigenvalue weighted by atomic mass is 16.5. The van der Waals surface area contributed by atoms with Gasteiger partial charge in [0.15, 0.2) is 12.4 Å². The monoisotopic (exact) mass is 408 g/mol. The summed E-state index contributed by atoms with van der Waals surface area (Å²) in [7, 11) is 0. The molecule has 1 fully saturated rings. The van der Waals surface area contributed by atoms with Gasteiger partial charge in [-0.25, -0.2) is 4.79 Å². The molecular weight excluding hydrogens is 384 g/mol. The first-order valence-corrected chi connectivity index (χ1v) is 9.81. The number of primary amides is 1. The van der Waals surface area contributed by atoms with Crippen LogP contribution in [-0.2, 0) is 14.3 Å². The number of benzene rings is 2. The van der Waals surface area contributed by atoms with Crippen LogP contribution in [0.3, 0.4) is 0 Å². The van der Waals surface area contributed by atoms with Crippen molar-refractivity contribution in [3.63, 3.8) is 0 Å². The number of hydrogen-bond donors (Lipinski definition) is 1. The number of ether oxygens (including phenoxy) is 1. The number of rotatable bonds is 6. The molecule has 0 saturated carbocycles. The van der Waals surface area contributed by atoms with Crippen LogP contribution in [-0.4, -0.2) is 48.2 Å². The lowest BCUT2D eigenvalue weighted by Gasteiger charge is -2.30. The fourth-order valence-corrected chi connectivity index (χ4v) is 3.43. The van der Waals surface area contributed by atoms with E-state index in [4.69, 9.17) is 10.5 Å². The van der Waals surface area contributed by atoms with Gasteiger partial charge in [-0.3, -0.25) is 14.4 Å². The van der Waals surface area contributed by atoms with Crippen molar-refractivity contribution in [3.8, 4) is 0 Å². The van der Waals surface area contributed by atoms with E-state index in [9.17, 15) is 19.2 Å². The van der Waals surface area contributed by atoms with Crippen molar-refractivity contribution >= 4 is 23.6 Å². The molecule has 0 radical (unpaired) electrons. The van der Waals surface area contributed by atoms with Gasteiger partial charge in [-0.2, -0.15) is 0 Å². The molecule has 0 aromatic heterocycles. The number of piperidine rings is 1. The van der Waals surface area contributed by atoms with Crippen LogP contribution in [0.1, 0.15) is 44.7 Å². The van der Waals surface area contributed by atoms with Crippen molar-refractivity contribution < 1.29 is 23.9 Å². The molecule has 1 saturated heterocycles. The Balaban J connectivity index is 1.64. The topological polar surface area (TPSA) is 107 Å². The lowest BCUT2D eigenvalue weighted by Crippen LogP contribution is -2.43. The number of carbonyl (C=O) groups is 4. The molecule has 1 heterocycles. The second-order valence-corrected chi connectivity index (χ2v) is 7.37. The Kier molecular flexibility index (Phi) is 6.61. The third-order valence-electron chi connectivity index (χ3n) is 5.28. The van der Waals surface area contributed by atoms with Gasteiger partial charge < -0.3 is 15.4 Å². The van der Waals surface area contributed by atoms with Crippen molar-refractivity contribution in [2.45, 2.75) is 19.8 Å². The molecule has 2 aromatic rings. The number of esters is 1. The van der Waals surface area contributed by atoms with Crippen LogP contribution >= 0.6 is 0 Å². The lowest BCUT2D eigenvalue weighted by molar-refractivity contribution is -0.137. The predicted molar refractivity (Wildman–Crippen MR) is 110 cm³/mol. The Labute approximate surface area is 174 Å². The molecule has 3 rings (SSSR count). The average molecular weight is 408 g/mol. The van der Waals surface area contributed by atoms with Crippen LogP contribution in [0.25, 0.3) is 0 Å². The summed E-state index contributed by atoms with van der Waals surface area (Å²) in [4.78, 5) is 50.5. The van der Waals surface area contributed by atoms with Gasteiger partial charge in [0.05, 0.1) is 5.56 Å². The Morgan fingerprint density at radius 2 is 1.57 bits per heavy atom. The average Bonchev–Trinajstić information content (AvgIpc) is 2.77. The first-order valence-electron chi connectivity index (χ1n) is 9.81. The van der Waals surface area contributed by atoms with E-state index in [0.29, 0.717) is 31.5 Å². The Hall–Kier alpha value is -3.48. The van der Waals surface area contributed by atoms with E-state index in [1.54, 1.807) is 35.2 Å². The predicted octanol–water partition coefficient (Wildman–Crippen LogP) is 2.11. The van der Waals surface area contributed by atoms with Crippen LogP contribution in [0.5, 0.6) is 0 Å². The summed E-state index contributed by atoms with van der Waals surface area (Å²) in [6.45, 7) is 2.29. The van der Waals surface area contributed by atoms with E-state index >= 15 is 0 Å². The van der Waals surface area contributed by atoms with Crippen LogP contribution in [0.15, 0.2) is 48.5 Å². The molecular formula is C23H24N2O5. The number of hydrogen-bond acceptors (Lipinski definition) is 5. The molecule has 0 spiro atoms. The van der Waals surface area contributed by atoms with Gasteiger partial charge in [0, 0.05) is 30.1 Å². The molecule has 30 heavy (non-hydrogen) atoms. The van der Waals surface area contributed by atoms with Crippen molar-refractivity contribution in [1.29, 1.82) is 0 Å². The van der Waals surface area contributed by atoms with Gasteiger partial charge in [0.2, 0.25) is 5.91 Å². The summed E-state index contributed by atoms with van der Waals surface area (Å²) < 4.78 is 5.19. The molecule has 1 aliphatic rings. The van der Waals surface area contributed by atoms with E-state index in [1.807, 2.05) is 19.1 Å². The minimum absolute atomic E-state index is 0.114. The van der Waals surface area contributed by atoms with Gasteiger partial charge >= 0.3 is 5.97 Å². The van der Waals surface area contributed by atoms with Crippen molar-refractivity contribution in [2.24, 2.45) is 11.7 Å². The fraction of sp³-hybridized carbons (Fsp3) is 0.304. The second-order valence-electron chi connectivity index (χ2n) is 7.37. The molecule has 0 atom stereocenters. The van der Waals surface area contributed by atoms with Crippen LogP contribution in [0.2, 0.25) is 0 Å². The Bertz CT molecular complexity index is 960. The van der Waals surface area contributed by atoms with Gasteiger partial charge in [0.25, 0.3) is 5.91 Å². The first kappa shape index (κ1) is 21.2. The highest BCUT2D eigenvalue weighted by Gasteiger charge is 2.27. The Morgan fingerprint density at radius 1 is 0.967 bits per heavy atom. The highest BCUT2D eigenvalue weighted by molar-refractivity contribution is 6.14. The van der Waals surface area contributed by atoms with E-state index in [-0.39, 0.29) is 34.6 Å². The number of carbonyl (C=O) groups excluding carboxylic acids is 4. The first-order chi connectivity index (χ1) is 14.4. The van der Waals surface area contributed by atoms with Crippen molar-refractivity contribution in [3.05, 3.63) is 70.8 Å². The minimum Gasteiger partial charge on any atom is -0.452 e. The zero-order valence-electron chi connectivity index (χ0n) is 16.8. The third-order valence-corrected chi connectivity index (χ3v) is 5.28. The molecule has 1 aliphatic heterocycles. The number of likely N-dealkylation sites (tertiary alicyclic amines) is 1.